The number of benzene rings is 2. The van der Waals surface area contributed by atoms with Crippen molar-refractivity contribution in [2.75, 3.05) is 6.54 Å². The third-order valence-corrected chi connectivity index (χ3v) is 6.42. The molecule has 1 amide bonds. The molecule has 0 radical (unpaired) electrons. The van der Waals surface area contributed by atoms with Gasteiger partial charge in [-0.25, -0.2) is 13.2 Å². The maximum absolute atomic E-state index is 12.8. The van der Waals surface area contributed by atoms with E-state index in [2.05, 4.69) is 5.32 Å². The molecule has 0 bridgehead atoms. The Morgan fingerprint density at radius 1 is 1.11 bits per heavy atom. The Hall–Kier alpha value is -2.71. The van der Waals surface area contributed by atoms with Gasteiger partial charge in [0, 0.05) is 13.1 Å². The fraction of sp³-hybridized carbons (Fsp3) is 0.263. The molecule has 27 heavy (non-hydrogen) atoms. The molecule has 0 spiro atoms. The first-order valence-electron chi connectivity index (χ1n) is 8.56. The Morgan fingerprint density at radius 3 is 2.56 bits per heavy atom. The summed E-state index contributed by atoms with van der Waals surface area (Å²) in [5.74, 6) is -1.42. The van der Waals surface area contributed by atoms with Crippen LogP contribution in [-0.4, -0.2) is 42.3 Å². The zero-order chi connectivity index (χ0) is 19.4. The van der Waals surface area contributed by atoms with Gasteiger partial charge < -0.3 is 10.4 Å². The Kier molecular flexibility index (Phi) is 5.57. The standard InChI is InChI=1S/C19H20N2O5S/c22-18(20-13-14-6-4-7-15(12-14)19(23)24)17-10-5-11-21(17)27(25,26)16-8-2-1-3-9-16/h1-4,6-9,12,17H,5,10-11,13H2,(H,20,22)(H,23,24)/t17-/m0/s1. The predicted molar refractivity (Wildman–Crippen MR) is 98.6 cm³/mol. The lowest BCUT2D eigenvalue weighted by molar-refractivity contribution is -0.124. The third-order valence-electron chi connectivity index (χ3n) is 4.50. The highest BCUT2D eigenvalue weighted by Crippen LogP contribution is 2.26. The number of rotatable bonds is 6. The number of aromatic carboxylic acids is 1. The molecule has 2 aromatic carbocycles. The van der Waals surface area contributed by atoms with Crippen LogP contribution in [0.25, 0.3) is 0 Å². The van der Waals surface area contributed by atoms with Crippen molar-refractivity contribution in [2.24, 2.45) is 0 Å². The highest BCUT2D eigenvalue weighted by Gasteiger charge is 2.39. The monoisotopic (exact) mass is 388 g/mol. The second kappa shape index (κ2) is 7.89. The van der Waals surface area contributed by atoms with E-state index in [4.69, 9.17) is 5.11 Å². The summed E-state index contributed by atoms with van der Waals surface area (Å²) < 4.78 is 26.9. The average Bonchev–Trinajstić information content (AvgIpc) is 3.18. The Balaban J connectivity index is 1.71. The molecule has 1 saturated heterocycles. The van der Waals surface area contributed by atoms with Crippen LogP contribution < -0.4 is 5.32 Å². The van der Waals surface area contributed by atoms with Gasteiger partial charge in [-0.15, -0.1) is 0 Å². The van der Waals surface area contributed by atoms with Crippen LogP contribution in [-0.2, 0) is 21.4 Å². The van der Waals surface area contributed by atoms with Crippen molar-refractivity contribution in [1.29, 1.82) is 0 Å². The minimum Gasteiger partial charge on any atom is -0.478 e. The number of nitrogens with one attached hydrogen (secondary N) is 1. The summed E-state index contributed by atoms with van der Waals surface area (Å²) in [5, 5.41) is 11.8. The number of carboxylic acid groups (broad SMARTS) is 1. The summed E-state index contributed by atoms with van der Waals surface area (Å²) in [6.07, 6.45) is 1.06. The van der Waals surface area contributed by atoms with Gasteiger partial charge in [-0.3, -0.25) is 4.79 Å². The summed E-state index contributed by atoms with van der Waals surface area (Å²) >= 11 is 0. The van der Waals surface area contributed by atoms with Gasteiger partial charge in [-0.1, -0.05) is 30.3 Å². The van der Waals surface area contributed by atoms with Crippen molar-refractivity contribution in [3.05, 3.63) is 65.7 Å². The molecule has 0 unspecified atom stereocenters. The van der Waals surface area contributed by atoms with Crippen LogP contribution in [0, 0.1) is 0 Å². The summed E-state index contributed by atoms with van der Waals surface area (Å²) in [7, 11) is -3.74. The molecule has 2 N–H and O–H groups in total. The maximum Gasteiger partial charge on any atom is 0.335 e. The smallest absolute Gasteiger partial charge is 0.335 e. The highest BCUT2D eigenvalue weighted by molar-refractivity contribution is 7.89. The van der Waals surface area contributed by atoms with E-state index in [0.717, 1.165) is 0 Å². The van der Waals surface area contributed by atoms with E-state index in [1.54, 1.807) is 30.3 Å². The van der Waals surface area contributed by atoms with Gasteiger partial charge in [0.25, 0.3) is 0 Å². The van der Waals surface area contributed by atoms with Crippen molar-refractivity contribution >= 4 is 21.9 Å². The summed E-state index contributed by atoms with van der Waals surface area (Å²) in [4.78, 5) is 23.8. The summed E-state index contributed by atoms with van der Waals surface area (Å²) in [6.45, 7) is 0.430. The molecule has 0 saturated carbocycles. The number of hydrogen-bond donors (Lipinski definition) is 2. The van der Waals surface area contributed by atoms with Crippen LogP contribution in [0.4, 0.5) is 0 Å². The number of hydrogen-bond acceptors (Lipinski definition) is 4. The van der Waals surface area contributed by atoms with E-state index in [0.29, 0.717) is 24.9 Å². The molecule has 3 rings (SSSR count). The van der Waals surface area contributed by atoms with E-state index in [1.807, 2.05) is 0 Å². The van der Waals surface area contributed by atoms with Gasteiger partial charge in [0.1, 0.15) is 6.04 Å². The molecule has 0 aromatic heterocycles. The number of carboxylic acids is 1. The first-order valence-corrected chi connectivity index (χ1v) is 10.0. The fourth-order valence-corrected chi connectivity index (χ4v) is 4.82. The number of carbonyl (C=O) groups excluding carboxylic acids is 1. The molecule has 1 heterocycles. The van der Waals surface area contributed by atoms with E-state index in [9.17, 15) is 18.0 Å². The molecule has 1 aliphatic heterocycles. The van der Waals surface area contributed by atoms with Gasteiger partial charge >= 0.3 is 5.97 Å². The predicted octanol–water partition coefficient (Wildman–Crippen LogP) is 1.85. The molecular weight excluding hydrogens is 368 g/mol. The zero-order valence-corrected chi connectivity index (χ0v) is 15.4. The minimum absolute atomic E-state index is 0.135. The highest BCUT2D eigenvalue weighted by atomic mass is 32.2. The quantitative estimate of drug-likeness (QED) is 0.786. The lowest BCUT2D eigenvalue weighted by Gasteiger charge is -2.23. The molecule has 0 aliphatic carbocycles. The van der Waals surface area contributed by atoms with Gasteiger partial charge in [-0.2, -0.15) is 4.31 Å². The lowest BCUT2D eigenvalue weighted by Crippen LogP contribution is -2.45. The second-order valence-electron chi connectivity index (χ2n) is 6.31. The Bertz CT molecular complexity index is 944. The van der Waals surface area contributed by atoms with Gasteiger partial charge in [0.05, 0.1) is 10.5 Å². The van der Waals surface area contributed by atoms with Crippen LogP contribution >= 0.6 is 0 Å². The van der Waals surface area contributed by atoms with E-state index in [1.165, 1.54) is 28.6 Å². The van der Waals surface area contributed by atoms with Crippen molar-refractivity contribution in [1.82, 2.24) is 9.62 Å². The largest absolute Gasteiger partial charge is 0.478 e. The summed E-state index contributed by atoms with van der Waals surface area (Å²) in [6, 6.07) is 13.6. The molecule has 142 valence electrons. The van der Waals surface area contributed by atoms with Crippen molar-refractivity contribution < 1.29 is 23.1 Å². The van der Waals surface area contributed by atoms with Crippen LogP contribution in [0.15, 0.2) is 59.5 Å². The number of carbonyl (C=O) groups is 2. The van der Waals surface area contributed by atoms with Crippen molar-refractivity contribution in [3.63, 3.8) is 0 Å². The van der Waals surface area contributed by atoms with E-state index in [-0.39, 0.29) is 22.9 Å². The number of sulfonamides is 1. The lowest BCUT2D eigenvalue weighted by atomic mass is 10.1. The first kappa shape index (κ1) is 19.1. The second-order valence-corrected chi connectivity index (χ2v) is 8.20. The minimum atomic E-state index is -3.74. The normalized spacial score (nSPS) is 17.6. The molecule has 1 atom stereocenters. The Morgan fingerprint density at radius 2 is 1.85 bits per heavy atom. The molecule has 1 fully saturated rings. The van der Waals surface area contributed by atoms with Crippen molar-refractivity contribution in [3.8, 4) is 0 Å². The van der Waals surface area contributed by atoms with Crippen LogP contribution in [0.5, 0.6) is 0 Å². The molecular formula is C19H20N2O5S. The Labute approximate surface area is 157 Å². The maximum atomic E-state index is 12.8. The topological polar surface area (TPSA) is 104 Å². The summed E-state index contributed by atoms with van der Waals surface area (Å²) in [5.41, 5.74) is 0.773. The third kappa shape index (κ3) is 4.17. The zero-order valence-electron chi connectivity index (χ0n) is 14.5. The van der Waals surface area contributed by atoms with E-state index < -0.39 is 22.0 Å². The van der Waals surface area contributed by atoms with E-state index >= 15 is 0 Å². The van der Waals surface area contributed by atoms with Gasteiger partial charge in [0.2, 0.25) is 15.9 Å². The SMILES string of the molecule is O=C(O)c1cccc(CNC(=O)[C@@H]2CCCN2S(=O)(=O)c2ccccc2)c1. The van der Waals surface area contributed by atoms with Crippen LogP contribution in [0.3, 0.4) is 0 Å². The van der Waals surface area contributed by atoms with Crippen LogP contribution in [0.2, 0.25) is 0 Å². The van der Waals surface area contributed by atoms with Gasteiger partial charge in [0.15, 0.2) is 0 Å². The van der Waals surface area contributed by atoms with Crippen molar-refractivity contribution in [2.45, 2.75) is 30.3 Å². The molecule has 7 nitrogen and oxygen atoms in total. The van der Waals surface area contributed by atoms with Crippen LogP contribution in [0.1, 0.15) is 28.8 Å². The number of nitrogens with zero attached hydrogens (tertiary/aromatic N) is 1. The average molecular weight is 388 g/mol. The molecule has 1 aliphatic rings. The molecule has 8 heteroatoms. The fourth-order valence-electron chi connectivity index (χ4n) is 3.14. The first-order chi connectivity index (χ1) is 12.9. The number of amides is 1. The van der Waals surface area contributed by atoms with Gasteiger partial charge in [-0.05, 0) is 42.7 Å². The molecule has 2 aromatic rings.